The van der Waals surface area contributed by atoms with Gasteiger partial charge in [-0.2, -0.15) is 0 Å². The summed E-state index contributed by atoms with van der Waals surface area (Å²) in [5.41, 5.74) is 3.30. The van der Waals surface area contributed by atoms with Gasteiger partial charge < -0.3 is 24.6 Å². The number of aliphatic hydroxyl groups is 1. The van der Waals surface area contributed by atoms with Gasteiger partial charge >= 0.3 is 0 Å². The summed E-state index contributed by atoms with van der Waals surface area (Å²) in [4.78, 5) is 0. The lowest BCUT2D eigenvalue weighted by Crippen LogP contribution is -2.54. The first-order chi connectivity index (χ1) is 13.7. The van der Waals surface area contributed by atoms with Crippen LogP contribution in [0.3, 0.4) is 0 Å². The summed E-state index contributed by atoms with van der Waals surface area (Å²) in [6.07, 6.45) is 4.00. The highest BCUT2D eigenvalue weighted by Gasteiger charge is 2.46. The van der Waals surface area contributed by atoms with E-state index in [4.69, 9.17) is 14.2 Å². The largest absolute Gasteiger partial charge is 0.497 e. The van der Waals surface area contributed by atoms with Crippen LogP contribution < -0.4 is 10.1 Å². The fourth-order valence-electron chi connectivity index (χ4n) is 4.73. The lowest BCUT2D eigenvalue weighted by Gasteiger charge is -2.45. The van der Waals surface area contributed by atoms with E-state index in [0.29, 0.717) is 11.8 Å². The molecule has 28 heavy (non-hydrogen) atoms. The minimum atomic E-state index is -0.668. The maximum absolute atomic E-state index is 10.7. The Hall–Kier alpha value is -2.34. The molecule has 3 aliphatic rings. The molecule has 0 radical (unpaired) electrons. The standard InChI is InChI=1S/C23H25NO4/c1-26-15-10-11-19-18(12-15)16-8-5-9-17(16)21(24-19)22-20(25)13-27-23(28-22)14-6-3-2-4-7-14/h2-8,10-12,16-17,20-25H,9,13H2,1H3/t16-,17+,20-,21-,22-,23-/m1/s1. The minimum absolute atomic E-state index is 0.00556. The molecule has 1 saturated heterocycles. The molecule has 2 N–H and O–H groups in total. The van der Waals surface area contributed by atoms with Crippen molar-refractivity contribution in [3.63, 3.8) is 0 Å². The molecule has 0 bridgehead atoms. The Bertz CT molecular complexity index is 868. The molecule has 0 aromatic heterocycles. The molecule has 2 aliphatic heterocycles. The maximum atomic E-state index is 10.7. The molecule has 0 amide bonds. The van der Waals surface area contributed by atoms with Gasteiger partial charge in [0.25, 0.3) is 0 Å². The van der Waals surface area contributed by atoms with E-state index in [9.17, 15) is 5.11 Å². The van der Waals surface area contributed by atoms with Crippen molar-refractivity contribution >= 4 is 5.69 Å². The predicted molar refractivity (Wildman–Crippen MR) is 106 cm³/mol. The number of aliphatic hydroxyl groups excluding tert-OH is 1. The van der Waals surface area contributed by atoms with Crippen LogP contribution >= 0.6 is 0 Å². The third-order valence-electron chi connectivity index (χ3n) is 6.12. The van der Waals surface area contributed by atoms with Crippen molar-refractivity contribution in [3.8, 4) is 5.75 Å². The molecule has 2 heterocycles. The summed E-state index contributed by atoms with van der Waals surface area (Å²) in [5, 5.41) is 14.4. The van der Waals surface area contributed by atoms with Gasteiger partial charge in [-0.3, -0.25) is 0 Å². The van der Waals surface area contributed by atoms with E-state index in [1.807, 2.05) is 36.4 Å². The molecule has 0 saturated carbocycles. The summed E-state index contributed by atoms with van der Waals surface area (Å²) in [5.74, 6) is 1.49. The lowest BCUT2D eigenvalue weighted by atomic mass is 9.76. The van der Waals surface area contributed by atoms with Gasteiger partial charge in [0.2, 0.25) is 0 Å². The van der Waals surface area contributed by atoms with Crippen molar-refractivity contribution in [3.05, 3.63) is 71.8 Å². The Balaban J connectivity index is 1.45. The van der Waals surface area contributed by atoms with Crippen LogP contribution in [0.1, 0.15) is 29.8 Å². The Kier molecular flexibility index (Phi) is 4.59. The van der Waals surface area contributed by atoms with E-state index in [2.05, 4.69) is 29.6 Å². The average molecular weight is 379 g/mol. The van der Waals surface area contributed by atoms with Gasteiger partial charge in [0, 0.05) is 17.2 Å². The summed E-state index contributed by atoms with van der Waals surface area (Å²) < 4.78 is 17.5. The summed E-state index contributed by atoms with van der Waals surface area (Å²) in [6.45, 7) is 0.267. The highest BCUT2D eigenvalue weighted by molar-refractivity contribution is 5.61. The van der Waals surface area contributed by atoms with Crippen LogP contribution in [0.25, 0.3) is 0 Å². The van der Waals surface area contributed by atoms with Crippen LogP contribution in [0.5, 0.6) is 5.75 Å². The number of methoxy groups -OCH3 is 1. The number of rotatable bonds is 3. The third-order valence-corrected chi connectivity index (χ3v) is 6.12. The highest BCUT2D eigenvalue weighted by Crippen LogP contribution is 2.47. The van der Waals surface area contributed by atoms with Gasteiger partial charge in [-0.25, -0.2) is 0 Å². The van der Waals surface area contributed by atoms with E-state index >= 15 is 0 Å². The number of hydrogen-bond donors (Lipinski definition) is 2. The van der Waals surface area contributed by atoms with E-state index in [1.165, 1.54) is 5.56 Å². The van der Waals surface area contributed by atoms with Gasteiger partial charge in [0.15, 0.2) is 6.29 Å². The molecule has 1 fully saturated rings. The zero-order valence-corrected chi connectivity index (χ0v) is 15.8. The topological polar surface area (TPSA) is 60.0 Å². The molecule has 0 spiro atoms. The Morgan fingerprint density at radius 2 is 2.00 bits per heavy atom. The van der Waals surface area contributed by atoms with Crippen molar-refractivity contribution in [1.82, 2.24) is 0 Å². The number of ether oxygens (including phenoxy) is 3. The quantitative estimate of drug-likeness (QED) is 0.798. The maximum Gasteiger partial charge on any atom is 0.184 e. The number of nitrogens with one attached hydrogen (secondary N) is 1. The zero-order chi connectivity index (χ0) is 19.1. The molecule has 1 aliphatic carbocycles. The summed E-state index contributed by atoms with van der Waals surface area (Å²) >= 11 is 0. The zero-order valence-electron chi connectivity index (χ0n) is 15.8. The molecule has 5 heteroatoms. The first kappa shape index (κ1) is 17.7. The molecular weight excluding hydrogens is 354 g/mol. The third kappa shape index (κ3) is 3.00. The normalized spacial score (nSPS) is 33.6. The van der Waals surface area contributed by atoms with Crippen molar-refractivity contribution in [2.24, 2.45) is 5.92 Å². The fraction of sp³-hybridized carbons (Fsp3) is 0.391. The van der Waals surface area contributed by atoms with Crippen LogP contribution in [0.2, 0.25) is 0 Å². The molecule has 6 atom stereocenters. The van der Waals surface area contributed by atoms with Crippen LogP contribution in [-0.2, 0) is 9.47 Å². The second kappa shape index (κ2) is 7.24. The van der Waals surface area contributed by atoms with Crippen molar-refractivity contribution in [1.29, 1.82) is 0 Å². The molecule has 5 rings (SSSR count). The molecule has 2 aromatic carbocycles. The van der Waals surface area contributed by atoms with E-state index < -0.39 is 12.4 Å². The van der Waals surface area contributed by atoms with E-state index in [1.54, 1.807) is 7.11 Å². The summed E-state index contributed by atoms with van der Waals surface area (Å²) in [7, 11) is 1.69. The van der Waals surface area contributed by atoms with Gasteiger partial charge in [-0.05, 0) is 36.1 Å². The molecular formula is C23H25NO4. The molecule has 5 nitrogen and oxygen atoms in total. The fourth-order valence-corrected chi connectivity index (χ4v) is 4.73. The first-order valence-electron chi connectivity index (χ1n) is 9.86. The predicted octanol–water partition coefficient (Wildman–Crippen LogP) is 3.62. The molecule has 146 valence electrons. The van der Waals surface area contributed by atoms with Crippen molar-refractivity contribution < 1.29 is 19.3 Å². The molecule has 0 unspecified atom stereocenters. The number of anilines is 1. The van der Waals surface area contributed by atoms with Crippen molar-refractivity contribution in [2.45, 2.75) is 36.9 Å². The minimum Gasteiger partial charge on any atom is -0.497 e. The van der Waals surface area contributed by atoms with Crippen LogP contribution in [-0.4, -0.2) is 37.1 Å². The van der Waals surface area contributed by atoms with E-state index in [0.717, 1.165) is 23.4 Å². The van der Waals surface area contributed by atoms with Gasteiger partial charge in [-0.1, -0.05) is 42.5 Å². The highest BCUT2D eigenvalue weighted by atomic mass is 16.7. The van der Waals surface area contributed by atoms with Gasteiger partial charge in [0.05, 0.1) is 19.8 Å². The number of hydrogen-bond acceptors (Lipinski definition) is 5. The number of fused-ring (bicyclic) bond motifs is 3. The molecule has 2 aromatic rings. The van der Waals surface area contributed by atoms with Crippen LogP contribution in [0.15, 0.2) is 60.7 Å². The SMILES string of the molecule is COc1ccc2c(c1)[C@@H]1C=CC[C@@H]1[C@H]([C@@H]1O[C@H](c3ccccc3)OC[C@H]1O)N2. The van der Waals surface area contributed by atoms with Crippen molar-refractivity contribution in [2.75, 3.05) is 19.0 Å². The average Bonchev–Trinajstić information content (AvgIpc) is 3.24. The Labute approximate surface area is 164 Å². The first-order valence-corrected chi connectivity index (χ1v) is 9.86. The lowest BCUT2D eigenvalue weighted by molar-refractivity contribution is -0.262. The second-order valence-corrected chi connectivity index (χ2v) is 7.72. The Morgan fingerprint density at radius 3 is 2.82 bits per heavy atom. The number of allylic oxidation sites excluding steroid dienone is 2. The van der Waals surface area contributed by atoms with Gasteiger partial charge in [0.1, 0.15) is 18.0 Å². The Morgan fingerprint density at radius 1 is 1.14 bits per heavy atom. The smallest absolute Gasteiger partial charge is 0.184 e. The number of benzene rings is 2. The summed E-state index contributed by atoms with van der Waals surface area (Å²) in [6, 6.07) is 16.1. The van der Waals surface area contributed by atoms with E-state index in [-0.39, 0.29) is 18.8 Å². The van der Waals surface area contributed by atoms with Crippen LogP contribution in [0, 0.1) is 5.92 Å². The monoisotopic (exact) mass is 379 g/mol. The van der Waals surface area contributed by atoms with Crippen LogP contribution in [0.4, 0.5) is 5.69 Å². The van der Waals surface area contributed by atoms with Gasteiger partial charge in [-0.15, -0.1) is 0 Å². The second-order valence-electron chi connectivity index (χ2n) is 7.72.